The van der Waals surface area contributed by atoms with Crippen molar-refractivity contribution in [2.24, 2.45) is 5.73 Å². The molecule has 0 radical (unpaired) electrons. The Morgan fingerprint density at radius 3 is 1.89 bits per heavy atom. The van der Waals surface area contributed by atoms with Gasteiger partial charge in [0.15, 0.2) is 9.41 Å². The minimum absolute atomic E-state index is 0.310. The number of hydrogen-bond donors (Lipinski definition) is 2. The molecule has 0 fully saturated rings. The zero-order valence-corrected chi connectivity index (χ0v) is 14.6. The van der Waals surface area contributed by atoms with Crippen LogP contribution in [0.4, 0.5) is 0 Å². The Morgan fingerprint density at radius 1 is 1.22 bits per heavy atom. The second-order valence-corrected chi connectivity index (χ2v) is 8.45. The zero-order valence-electron chi connectivity index (χ0n) is 10.5. The van der Waals surface area contributed by atoms with Crippen LogP contribution in [0.5, 0.6) is 0 Å². The molecule has 0 saturated carbocycles. The number of halogens is 3. The van der Waals surface area contributed by atoms with Crippen molar-refractivity contribution in [3.63, 3.8) is 0 Å². The van der Waals surface area contributed by atoms with Gasteiger partial charge in [-0.2, -0.15) is 0 Å². The first-order chi connectivity index (χ1) is 8.33. The summed E-state index contributed by atoms with van der Waals surface area (Å²) in [6.45, 7) is 0.708. The molecule has 0 atom stereocenters. The average Bonchev–Trinajstić information content (AvgIpc) is 2.29. The quantitative estimate of drug-likeness (QED) is 0.315. The topological polar surface area (TPSA) is 65.7 Å². The molecule has 0 rings (SSSR count). The molecule has 0 aromatic heterocycles. The van der Waals surface area contributed by atoms with Gasteiger partial charge < -0.3 is 24.3 Å². The summed E-state index contributed by atoms with van der Waals surface area (Å²) in [5.41, 5.74) is 5.28. The number of rotatable bonds is 7. The molecule has 10 heteroatoms. The maximum atomic E-state index is 5.28. The third kappa shape index (κ3) is 13.1. The molecule has 0 bridgehead atoms. The van der Waals surface area contributed by atoms with Gasteiger partial charge in [-0.25, -0.2) is 0 Å². The normalized spacial score (nSPS) is 10.8. The minimum atomic E-state index is -2.41. The smallest absolute Gasteiger partial charge is 0.377 e. The minimum Gasteiger partial charge on any atom is -0.377 e. The van der Waals surface area contributed by atoms with Gasteiger partial charge in [0.25, 0.3) is 0 Å². The fourth-order valence-corrected chi connectivity index (χ4v) is 2.90. The summed E-state index contributed by atoms with van der Waals surface area (Å²) >= 11 is 19.1. The standard InChI is InChI=1S/C7H18N2O3SSi.CHCl3/c1-10-14(11-2,12-3)6-4-5-9-7(8)13;2-1(3)4/h4-6H2,1-3H3,(H3,8,9,13);1H. The number of hydrogen-bond acceptors (Lipinski definition) is 4. The summed E-state index contributed by atoms with van der Waals surface area (Å²) in [6, 6.07) is 0.742. The first kappa shape index (κ1) is 21.0. The third-order valence-corrected chi connectivity index (χ3v) is 4.87. The highest BCUT2D eigenvalue weighted by Crippen LogP contribution is 2.14. The van der Waals surface area contributed by atoms with Gasteiger partial charge in [-0.15, -0.1) is 0 Å². The van der Waals surface area contributed by atoms with Crippen LogP contribution >= 0.6 is 47.0 Å². The van der Waals surface area contributed by atoms with Gasteiger partial charge >= 0.3 is 8.80 Å². The predicted molar refractivity (Wildman–Crippen MR) is 82.3 cm³/mol. The number of alkyl halides is 3. The molecule has 0 aliphatic heterocycles. The highest BCUT2D eigenvalue weighted by molar-refractivity contribution is 7.80. The van der Waals surface area contributed by atoms with Crippen LogP contribution in [0.1, 0.15) is 6.42 Å². The lowest BCUT2D eigenvalue weighted by Gasteiger charge is -2.24. The fraction of sp³-hybridized carbons (Fsp3) is 0.875. The Kier molecular flexibility index (Phi) is 14.8. The first-order valence-electron chi connectivity index (χ1n) is 4.94. The van der Waals surface area contributed by atoms with E-state index in [1.54, 1.807) is 21.3 Å². The molecule has 3 N–H and O–H groups in total. The second kappa shape index (κ2) is 12.7. The number of thiocarbonyl (C=S) groups is 1. The molecular weight excluding hydrogens is 339 g/mol. The van der Waals surface area contributed by atoms with Gasteiger partial charge in [0.1, 0.15) is 0 Å². The first-order valence-corrected chi connectivity index (χ1v) is 8.59. The van der Waals surface area contributed by atoms with Crippen LogP contribution < -0.4 is 11.1 Å². The lowest BCUT2D eigenvalue weighted by molar-refractivity contribution is 0.123. The molecule has 0 unspecified atom stereocenters. The van der Waals surface area contributed by atoms with E-state index in [2.05, 4.69) is 17.5 Å². The van der Waals surface area contributed by atoms with Crippen LogP contribution in [0.3, 0.4) is 0 Å². The van der Waals surface area contributed by atoms with Crippen molar-refractivity contribution in [2.45, 2.75) is 16.8 Å². The molecule has 0 aliphatic carbocycles. The van der Waals surface area contributed by atoms with E-state index in [0.717, 1.165) is 12.5 Å². The molecule has 0 spiro atoms. The lowest BCUT2D eigenvalue weighted by atomic mass is 10.5. The molecule has 0 aromatic carbocycles. The van der Waals surface area contributed by atoms with Crippen LogP contribution in [0.15, 0.2) is 0 Å². The Balaban J connectivity index is 0. The van der Waals surface area contributed by atoms with E-state index in [4.69, 9.17) is 53.8 Å². The zero-order chi connectivity index (χ0) is 14.6. The average molecular weight is 358 g/mol. The van der Waals surface area contributed by atoms with Gasteiger partial charge in [0.05, 0.1) is 0 Å². The highest BCUT2D eigenvalue weighted by Gasteiger charge is 2.36. The van der Waals surface area contributed by atoms with E-state index in [1.807, 2.05) is 0 Å². The summed E-state index contributed by atoms with van der Waals surface area (Å²) in [4.78, 5) is 0. The molecule has 5 nitrogen and oxygen atoms in total. The van der Waals surface area contributed by atoms with E-state index in [-0.39, 0.29) is 0 Å². The van der Waals surface area contributed by atoms with E-state index < -0.39 is 13.1 Å². The Hall–Kier alpha value is 0.657. The molecule has 0 heterocycles. The van der Waals surface area contributed by atoms with Crippen molar-refractivity contribution in [3.8, 4) is 0 Å². The van der Waals surface area contributed by atoms with Crippen molar-refractivity contribution < 1.29 is 13.3 Å². The molecule has 18 heavy (non-hydrogen) atoms. The monoisotopic (exact) mass is 356 g/mol. The summed E-state index contributed by atoms with van der Waals surface area (Å²) in [6.07, 6.45) is 0.846. The van der Waals surface area contributed by atoms with Gasteiger partial charge in [-0.05, 0) is 18.6 Å². The van der Waals surface area contributed by atoms with Crippen molar-refractivity contribution in [1.82, 2.24) is 5.32 Å². The Labute approximate surface area is 130 Å². The van der Waals surface area contributed by atoms with Crippen LogP contribution in [0.2, 0.25) is 6.04 Å². The van der Waals surface area contributed by atoms with E-state index >= 15 is 0 Å². The van der Waals surface area contributed by atoms with Crippen molar-refractivity contribution in [3.05, 3.63) is 0 Å². The highest BCUT2D eigenvalue weighted by atomic mass is 35.6. The maximum absolute atomic E-state index is 5.28. The largest absolute Gasteiger partial charge is 0.500 e. The van der Waals surface area contributed by atoms with Gasteiger partial charge in [0.2, 0.25) is 0 Å². The number of nitrogens with two attached hydrogens (primary N) is 1. The number of nitrogens with one attached hydrogen (secondary N) is 1. The maximum Gasteiger partial charge on any atom is 0.500 e. The van der Waals surface area contributed by atoms with Crippen molar-refractivity contribution in [1.29, 1.82) is 0 Å². The molecule has 0 aliphatic rings. The van der Waals surface area contributed by atoms with Crippen molar-refractivity contribution >= 4 is 60.9 Å². The van der Waals surface area contributed by atoms with Crippen molar-refractivity contribution in [2.75, 3.05) is 27.9 Å². The summed E-state index contributed by atoms with van der Waals surface area (Å²) < 4.78 is 15.0. The Bertz CT molecular complexity index is 213. The third-order valence-electron chi connectivity index (χ3n) is 1.89. The molecule has 0 saturated heterocycles. The van der Waals surface area contributed by atoms with E-state index in [1.165, 1.54) is 0 Å². The van der Waals surface area contributed by atoms with Gasteiger partial charge in [0, 0.05) is 33.9 Å². The molecular formula is C8H19Cl3N2O3SSi. The summed E-state index contributed by atoms with van der Waals surface area (Å²) in [5, 5.41) is 3.16. The van der Waals surface area contributed by atoms with Gasteiger partial charge in [-0.3, -0.25) is 0 Å². The van der Waals surface area contributed by atoms with Crippen LogP contribution in [-0.4, -0.2) is 46.1 Å². The molecule has 0 aromatic rings. The Morgan fingerprint density at radius 2 is 1.61 bits per heavy atom. The molecule has 110 valence electrons. The lowest BCUT2D eigenvalue weighted by Crippen LogP contribution is -2.43. The SMILES string of the molecule is CO[Si](CCCNC(N)=S)(OC)OC.ClC(Cl)Cl. The van der Waals surface area contributed by atoms with E-state index in [9.17, 15) is 0 Å². The van der Waals surface area contributed by atoms with Gasteiger partial charge in [-0.1, -0.05) is 34.8 Å². The predicted octanol–water partition coefficient (Wildman–Crippen LogP) is 2.07. The second-order valence-electron chi connectivity index (χ2n) is 2.94. The summed E-state index contributed by atoms with van der Waals surface area (Å²) in [5.74, 6) is 0. The fourth-order valence-electron chi connectivity index (χ4n) is 1.07. The van der Waals surface area contributed by atoms with E-state index in [0.29, 0.717) is 11.7 Å². The van der Waals surface area contributed by atoms with Crippen LogP contribution in [-0.2, 0) is 13.3 Å². The summed E-state index contributed by atoms with van der Waals surface area (Å²) in [7, 11) is 2.38. The van der Waals surface area contributed by atoms with Crippen LogP contribution in [0.25, 0.3) is 0 Å². The van der Waals surface area contributed by atoms with Crippen LogP contribution in [0, 0.1) is 0 Å². The molecule has 0 amide bonds.